The van der Waals surface area contributed by atoms with Gasteiger partial charge in [-0.25, -0.2) is 9.13 Å². The van der Waals surface area contributed by atoms with Gasteiger partial charge in [0.15, 0.2) is 12.2 Å². The number of aliphatic hydroxyl groups is 1. The van der Waals surface area contributed by atoms with E-state index in [1.165, 1.54) is 173 Å². The fourth-order valence-corrected chi connectivity index (χ4v) is 12.4. The minimum Gasteiger partial charge on any atom is -0.462 e. The minimum atomic E-state index is -4.95. The Hall–Kier alpha value is -1.94. The number of hydrogen-bond donors (Lipinski definition) is 3. The second-order valence-electron chi connectivity index (χ2n) is 27.2. The topological polar surface area (TPSA) is 237 Å². The lowest BCUT2D eigenvalue weighted by Crippen LogP contribution is -2.30. The van der Waals surface area contributed by atoms with Crippen molar-refractivity contribution in [2.24, 2.45) is 17.8 Å². The van der Waals surface area contributed by atoms with Crippen molar-refractivity contribution in [2.45, 2.75) is 381 Å². The molecule has 3 N–H and O–H groups in total. The van der Waals surface area contributed by atoms with E-state index in [0.29, 0.717) is 25.7 Å². The summed E-state index contributed by atoms with van der Waals surface area (Å²) in [6, 6.07) is 0. The molecule has 0 heterocycles. The average Bonchev–Trinajstić information content (AvgIpc) is 3.70. The standard InChI is InChI=1S/C72H140O17P2/c1-8-10-11-12-13-14-18-24-32-39-46-53-69(74)82-60-68(89-72(77)56-49-42-35-28-27-31-38-45-52-65(7)9-2)62-87-91(80,81)85-58-66(73)57-84-90(78,79)86-61-67(59-83-70(75)54-47-40-33-26-21-23-30-37-44-51-64(5)6)88-71(76)55-48-41-34-25-20-17-15-16-19-22-29-36-43-50-63(3)4/h63-68,73H,8-62H2,1-7H3,(H,78,79)(H,80,81)/t65?,66-,67-,68-/m1/s1. The molecule has 0 fully saturated rings. The number of unbranched alkanes of at least 4 members (excludes halogenated alkanes) is 37. The van der Waals surface area contributed by atoms with Crippen LogP contribution in [0, 0.1) is 17.8 Å². The van der Waals surface area contributed by atoms with Crippen LogP contribution in [-0.2, 0) is 65.4 Å². The number of phosphoric ester groups is 2. The van der Waals surface area contributed by atoms with Crippen LogP contribution in [0.25, 0.3) is 0 Å². The number of phosphoric acid groups is 2. The Morgan fingerprint density at radius 1 is 0.319 bits per heavy atom. The van der Waals surface area contributed by atoms with Crippen LogP contribution in [0.1, 0.15) is 363 Å². The summed E-state index contributed by atoms with van der Waals surface area (Å²) in [7, 11) is -9.90. The fourth-order valence-electron chi connectivity index (χ4n) is 10.9. The lowest BCUT2D eigenvalue weighted by Gasteiger charge is -2.21. The smallest absolute Gasteiger partial charge is 0.462 e. The summed E-state index contributed by atoms with van der Waals surface area (Å²) < 4.78 is 68.4. The van der Waals surface area contributed by atoms with E-state index >= 15 is 0 Å². The van der Waals surface area contributed by atoms with E-state index in [1.807, 2.05) is 0 Å². The van der Waals surface area contributed by atoms with Crippen LogP contribution < -0.4 is 0 Å². The van der Waals surface area contributed by atoms with E-state index < -0.39 is 97.5 Å². The predicted molar refractivity (Wildman–Crippen MR) is 368 cm³/mol. The van der Waals surface area contributed by atoms with Gasteiger partial charge >= 0.3 is 39.5 Å². The van der Waals surface area contributed by atoms with Crippen LogP contribution in [0.15, 0.2) is 0 Å². The molecule has 0 rings (SSSR count). The number of ether oxygens (including phenoxy) is 4. The van der Waals surface area contributed by atoms with Gasteiger partial charge in [-0.05, 0) is 43.4 Å². The third-order valence-corrected chi connectivity index (χ3v) is 18.9. The lowest BCUT2D eigenvalue weighted by molar-refractivity contribution is -0.161. The monoisotopic (exact) mass is 1340 g/mol. The Bertz CT molecular complexity index is 1790. The summed E-state index contributed by atoms with van der Waals surface area (Å²) >= 11 is 0. The maximum atomic E-state index is 13.0. The van der Waals surface area contributed by atoms with Crippen molar-refractivity contribution in [3.05, 3.63) is 0 Å². The van der Waals surface area contributed by atoms with Gasteiger partial charge in [-0.1, -0.05) is 312 Å². The predicted octanol–water partition coefficient (Wildman–Crippen LogP) is 20.6. The van der Waals surface area contributed by atoms with E-state index in [9.17, 15) is 43.2 Å². The molecule has 3 unspecified atom stereocenters. The highest BCUT2D eigenvalue weighted by Crippen LogP contribution is 2.45. The van der Waals surface area contributed by atoms with E-state index in [4.69, 9.17) is 37.0 Å². The molecule has 0 aliphatic carbocycles. The van der Waals surface area contributed by atoms with Gasteiger partial charge in [0.25, 0.3) is 0 Å². The summed E-state index contributed by atoms with van der Waals surface area (Å²) in [5.74, 6) is 0.176. The first-order valence-corrected chi connectivity index (χ1v) is 40.4. The first-order valence-electron chi connectivity index (χ1n) is 37.4. The first-order chi connectivity index (χ1) is 43.8. The highest BCUT2D eigenvalue weighted by atomic mass is 31.2. The molecule has 0 amide bonds. The summed E-state index contributed by atoms with van der Waals surface area (Å²) in [4.78, 5) is 72.6. The summed E-state index contributed by atoms with van der Waals surface area (Å²) in [6.07, 6.45) is 47.0. The molecule has 0 spiro atoms. The molecule has 0 bridgehead atoms. The number of esters is 4. The molecule has 0 radical (unpaired) electrons. The second kappa shape index (κ2) is 62.8. The highest BCUT2D eigenvalue weighted by molar-refractivity contribution is 7.47. The van der Waals surface area contributed by atoms with Gasteiger partial charge < -0.3 is 33.8 Å². The van der Waals surface area contributed by atoms with E-state index in [1.54, 1.807) is 0 Å². The van der Waals surface area contributed by atoms with Crippen LogP contribution >= 0.6 is 15.6 Å². The molecule has 19 heteroatoms. The van der Waals surface area contributed by atoms with Gasteiger partial charge in [0.05, 0.1) is 26.4 Å². The molecule has 91 heavy (non-hydrogen) atoms. The van der Waals surface area contributed by atoms with Crippen molar-refractivity contribution < 1.29 is 80.2 Å². The number of aliphatic hydroxyl groups excluding tert-OH is 1. The van der Waals surface area contributed by atoms with E-state index in [0.717, 1.165) is 108 Å². The van der Waals surface area contributed by atoms with Gasteiger partial charge in [-0.3, -0.25) is 37.3 Å². The van der Waals surface area contributed by atoms with E-state index in [-0.39, 0.29) is 25.7 Å². The van der Waals surface area contributed by atoms with E-state index in [2.05, 4.69) is 48.5 Å². The van der Waals surface area contributed by atoms with Gasteiger partial charge in [-0.15, -0.1) is 0 Å². The maximum Gasteiger partial charge on any atom is 0.472 e. The molecule has 540 valence electrons. The van der Waals surface area contributed by atoms with Crippen LogP contribution in [0.4, 0.5) is 0 Å². The maximum absolute atomic E-state index is 13.0. The third-order valence-electron chi connectivity index (χ3n) is 17.0. The zero-order valence-electron chi connectivity index (χ0n) is 59.3. The Morgan fingerprint density at radius 2 is 0.560 bits per heavy atom. The largest absolute Gasteiger partial charge is 0.472 e. The molecule has 0 saturated carbocycles. The average molecular weight is 1340 g/mol. The SMILES string of the molecule is CCCCCCCCCCCCCC(=O)OC[C@H](COP(=O)(O)OC[C@H](O)COP(=O)(O)OC[C@@H](COC(=O)CCCCCCCCCCCC(C)C)OC(=O)CCCCCCCCCCCCCCCC(C)C)OC(=O)CCCCCCCCCCC(C)CC. The fraction of sp³-hybridized carbons (Fsp3) is 0.944. The normalized spacial score (nSPS) is 14.5. The van der Waals surface area contributed by atoms with Crippen molar-refractivity contribution >= 4 is 39.5 Å². The number of hydrogen-bond acceptors (Lipinski definition) is 15. The molecule has 17 nitrogen and oxygen atoms in total. The molecule has 0 aliphatic rings. The van der Waals surface area contributed by atoms with Crippen molar-refractivity contribution in [3.63, 3.8) is 0 Å². The lowest BCUT2D eigenvalue weighted by atomic mass is 9.99. The first kappa shape index (κ1) is 89.1. The van der Waals surface area contributed by atoms with Crippen LogP contribution in [0.5, 0.6) is 0 Å². The van der Waals surface area contributed by atoms with Crippen molar-refractivity contribution in [1.29, 1.82) is 0 Å². The zero-order chi connectivity index (χ0) is 67.3. The molecule has 0 aliphatic heterocycles. The van der Waals surface area contributed by atoms with Gasteiger partial charge in [0.2, 0.25) is 0 Å². The molecule has 0 aromatic rings. The number of rotatable bonds is 70. The van der Waals surface area contributed by atoms with Crippen LogP contribution in [-0.4, -0.2) is 96.7 Å². The summed E-state index contributed by atoms with van der Waals surface area (Å²) in [5, 5.41) is 10.6. The number of carbonyl (C=O) groups excluding carboxylic acids is 4. The second-order valence-corrected chi connectivity index (χ2v) is 30.1. The van der Waals surface area contributed by atoms with Crippen molar-refractivity contribution in [1.82, 2.24) is 0 Å². The van der Waals surface area contributed by atoms with Gasteiger partial charge in [0.1, 0.15) is 19.3 Å². The van der Waals surface area contributed by atoms with Crippen LogP contribution in [0.2, 0.25) is 0 Å². The molecular formula is C72H140O17P2. The van der Waals surface area contributed by atoms with Crippen LogP contribution in [0.3, 0.4) is 0 Å². The molecular weight excluding hydrogens is 1200 g/mol. The Balaban J connectivity index is 5.26. The molecule has 6 atom stereocenters. The Kier molecular flexibility index (Phi) is 61.5. The summed E-state index contributed by atoms with van der Waals surface area (Å²) in [6.45, 7) is 11.9. The molecule has 0 aromatic carbocycles. The van der Waals surface area contributed by atoms with Gasteiger partial charge in [0, 0.05) is 25.7 Å². The summed E-state index contributed by atoms with van der Waals surface area (Å²) in [5.41, 5.74) is 0. The third kappa shape index (κ3) is 65.1. The number of carbonyl (C=O) groups is 4. The molecule has 0 saturated heterocycles. The van der Waals surface area contributed by atoms with Crippen molar-refractivity contribution in [3.8, 4) is 0 Å². The zero-order valence-corrected chi connectivity index (χ0v) is 61.1. The quantitative estimate of drug-likeness (QED) is 0.0222. The molecule has 0 aromatic heterocycles. The minimum absolute atomic E-state index is 0.105. The van der Waals surface area contributed by atoms with Crippen molar-refractivity contribution in [2.75, 3.05) is 39.6 Å². The highest BCUT2D eigenvalue weighted by Gasteiger charge is 2.30. The Labute approximate surface area is 556 Å². The Morgan fingerprint density at radius 3 is 0.835 bits per heavy atom. The van der Waals surface area contributed by atoms with Gasteiger partial charge in [-0.2, -0.15) is 0 Å².